The number of fused-ring (bicyclic) bond motifs is 1. The predicted octanol–water partition coefficient (Wildman–Crippen LogP) is 4.70. The van der Waals surface area contributed by atoms with Gasteiger partial charge in [-0.3, -0.25) is 4.90 Å². The molecule has 1 N–H and O–H groups in total. The Kier molecular flexibility index (Phi) is 4.00. The monoisotopic (exact) mass is 354 g/mol. The zero-order valence-corrected chi connectivity index (χ0v) is 15.1. The lowest BCUT2D eigenvalue weighted by atomic mass is 9.99. The third-order valence-corrected chi connectivity index (χ3v) is 3.72. The van der Waals surface area contributed by atoms with Crippen molar-refractivity contribution in [1.29, 1.82) is 0 Å². The summed E-state index contributed by atoms with van der Waals surface area (Å²) in [5.74, 6) is 0. The van der Waals surface area contributed by atoms with Gasteiger partial charge in [0.2, 0.25) is 0 Å². The van der Waals surface area contributed by atoms with E-state index in [2.05, 4.69) is 41.2 Å². The molecule has 0 saturated heterocycles. The van der Waals surface area contributed by atoms with Crippen molar-refractivity contribution < 1.29 is 9.53 Å². The number of hydrogen-bond donors (Lipinski definition) is 1. The van der Waals surface area contributed by atoms with Gasteiger partial charge in [0.05, 0.1) is 17.9 Å². The van der Waals surface area contributed by atoms with Crippen molar-refractivity contribution in [2.75, 3.05) is 16.8 Å². The van der Waals surface area contributed by atoms with Crippen LogP contribution in [0.2, 0.25) is 0 Å². The Morgan fingerprint density at radius 1 is 1.38 bits per heavy atom. The van der Waals surface area contributed by atoms with Crippen LogP contribution in [0.3, 0.4) is 0 Å². The zero-order chi connectivity index (χ0) is 16.0. The molecule has 0 fully saturated rings. The highest BCUT2D eigenvalue weighted by Gasteiger charge is 2.36. The summed E-state index contributed by atoms with van der Waals surface area (Å²) in [6.07, 6.45) is -0.317. The highest BCUT2D eigenvalue weighted by atomic mass is 79.9. The number of carbonyl (C=O) groups excluding carboxylic acids is 1. The van der Waals surface area contributed by atoms with Gasteiger partial charge in [-0.2, -0.15) is 0 Å². The molecule has 1 heterocycles. The second kappa shape index (κ2) is 5.20. The van der Waals surface area contributed by atoms with E-state index >= 15 is 0 Å². The molecule has 0 spiro atoms. The number of carbonyl (C=O) groups is 1. The Balaban J connectivity index is 2.46. The summed E-state index contributed by atoms with van der Waals surface area (Å²) in [7, 11) is 0. The number of nitrogens with one attached hydrogen (secondary N) is 1. The SMILES string of the molecule is Cc1cc(Br)c2c(c1)NC(C)(C)CN2C(=O)OC(C)(C)C. The van der Waals surface area contributed by atoms with Crippen molar-refractivity contribution in [1.82, 2.24) is 0 Å². The minimum absolute atomic E-state index is 0.211. The normalized spacial score (nSPS) is 17.0. The summed E-state index contributed by atoms with van der Waals surface area (Å²) in [5.41, 5.74) is 2.20. The molecule has 1 aliphatic rings. The van der Waals surface area contributed by atoms with Crippen molar-refractivity contribution in [3.8, 4) is 0 Å². The highest BCUT2D eigenvalue weighted by molar-refractivity contribution is 9.10. The van der Waals surface area contributed by atoms with Crippen LogP contribution in [0.5, 0.6) is 0 Å². The fourth-order valence-electron chi connectivity index (χ4n) is 2.46. The molecule has 4 nitrogen and oxygen atoms in total. The predicted molar refractivity (Wildman–Crippen MR) is 90.2 cm³/mol. The van der Waals surface area contributed by atoms with Crippen molar-refractivity contribution in [2.24, 2.45) is 0 Å². The maximum Gasteiger partial charge on any atom is 0.414 e. The summed E-state index contributed by atoms with van der Waals surface area (Å²) < 4.78 is 6.45. The third-order valence-electron chi connectivity index (χ3n) is 3.12. The van der Waals surface area contributed by atoms with Crippen LogP contribution in [-0.2, 0) is 4.74 Å². The fraction of sp³-hybridized carbons (Fsp3) is 0.562. The topological polar surface area (TPSA) is 41.6 Å². The van der Waals surface area contributed by atoms with E-state index < -0.39 is 5.60 Å². The number of amides is 1. The molecule has 1 aromatic rings. The number of anilines is 2. The first-order valence-corrected chi connectivity index (χ1v) is 7.87. The van der Waals surface area contributed by atoms with E-state index in [1.165, 1.54) is 0 Å². The van der Waals surface area contributed by atoms with E-state index in [9.17, 15) is 4.79 Å². The van der Waals surface area contributed by atoms with Gasteiger partial charge in [0, 0.05) is 10.0 Å². The molecule has 0 aromatic heterocycles. The lowest BCUT2D eigenvalue weighted by Gasteiger charge is -2.41. The molecule has 116 valence electrons. The Labute approximate surface area is 135 Å². The molecular weight excluding hydrogens is 332 g/mol. The van der Waals surface area contributed by atoms with Crippen LogP contribution in [0.15, 0.2) is 16.6 Å². The van der Waals surface area contributed by atoms with Gasteiger partial charge in [-0.15, -0.1) is 0 Å². The molecule has 0 bridgehead atoms. The van der Waals surface area contributed by atoms with E-state index in [1.54, 1.807) is 4.90 Å². The van der Waals surface area contributed by atoms with Crippen LogP contribution < -0.4 is 10.2 Å². The Morgan fingerprint density at radius 3 is 2.57 bits per heavy atom. The fourth-order valence-corrected chi connectivity index (χ4v) is 3.24. The number of rotatable bonds is 0. The van der Waals surface area contributed by atoms with Crippen molar-refractivity contribution in [3.63, 3.8) is 0 Å². The number of hydrogen-bond acceptors (Lipinski definition) is 3. The molecule has 0 radical (unpaired) electrons. The molecule has 5 heteroatoms. The lowest BCUT2D eigenvalue weighted by Crippen LogP contribution is -2.52. The van der Waals surface area contributed by atoms with Gasteiger partial charge in [-0.05, 0) is 75.2 Å². The van der Waals surface area contributed by atoms with E-state index in [-0.39, 0.29) is 11.6 Å². The van der Waals surface area contributed by atoms with E-state index in [0.717, 1.165) is 21.4 Å². The lowest BCUT2D eigenvalue weighted by molar-refractivity contribution is 0.0573. The van der Waals surface area contributed by atoms with Gasteiger partial charge < -0.3 is 10.1 Å². The molecular formula is C16H23BrN2O2. The summed E-state index contributed by atoms with van der Waals surface area (Å²) in [4.78, 5) is 14.3. The molecule has 1 amide bonds. The maximum absolute atomic E-state index is 12.6. The van der Waals surface area contributed by atoms with Crippen LogP contribution in [0, 0.1) is 6.92 Å². The first kappa shape index (κ1) is 16.1. The number of benzene rings is 1. The molecule has 0 atom stereocenters. The molecule has 21 heavy (non-hydrogen) atoms. The molecule has 1 aromatic carbocycles. The van der Waals surface area contributed by atoms with Crippen molar-refractivity contribution in [3.05, 3.63) is 22.2 Å². The highest BCUT2D eigenvalue weighted by Crippen LogP contribution is 2.41. The molecule has 0 aliphatic carbocycles. The number of nitrogens with zero attached hydrogens (tertiary/aromatic N) is 1. The summed E-state index contributed by atoms with van der Waals surface area (Å²) in [6, 6.07) is 4.06. The van der Waals surface area contributed by atoms with Crippen LogP contribution in [-0.4, -0.2) is 23.8 Å². The first-order valence-electron chi connectivity index (χ1n) is 7.07. The largest absolute Gasteiger partial charge is 0.443 e. The minimum Gasteiger partial charge on any atom is -0.443 e. The van der Waals surface area contributed by atoms with Crippen molar-refractivity contribution in [2.45, 2.75) is 52.7 Å². The Hall–Kier alpha value is -1.23. The van der Waals surface area contributed by atoms with Gasteiger partial charge in [0.1, 0.15) is 5.60 Å². The number of aryl methyl sites for hydroxylation is 1. The van der Waals surface area contributed by atoms with Crippen LogP contribution >= 0.6 is 15.9 Å². The second-order valence-electron chi connectivity index (χ2n) is 7.22. The maximum atomic E-state index is 12.6. The summed E-state index contributed by atoms with van der Waals surface area (Å²) >= 11 is 3.57. The molecule has 2 rings (SSSR count). The van der Waals surface area contributed by atoms with Gasteiger partial charge in [0.15, 0.2) is 0 Å². The van der Waals surface area contributed by atoms with Crippen LogP contribution in [0.4, 0.5) is 16.2 Å². The van der Waals surface area contributed by atoms with E-state index in [0.29, 0.717) is 6.54 Å². The van der Waals surface area contributed by atoms with Gasteiger partial charge in [-0.1, -0.05) is 0 Å². The minimum atomic E-state index is -0.510. The van der Waals surface area contributed by atoms with Crippen LogP contribution in [0.1, 0.15) is 40.2 Å². The summed E-state index contributed by atoms with van der Waals surface area (Å²) in [5, 5.41) is 3.49. The average Bonchev–Trinajstić information content (AvgIpc) is 2.22. The van der Waals surface area contributed by atoms with Crippen molar-refractivity contribution >= 4 is 33.4 Å². The molecule has 1 aliphatic heterocycles. The quantitative estimate of drug-likeness (QED) is 0.733. The van der Waals surface area contributed by atoms with Gasteiger partial charge in [0.25, 0.3) is 0 Å². The summed E-state index contributed by atoms with van der Waals surface area (Å²) in [6.45, 7) is 12.4. The van der Waals surface area contributed by atoms with E-state index in [4.69, 9.17) is 4.74 Å². The van der Waals surface area contributed by atoms with Crippen LogP contribution in [0.25, 0.3) is 0 Å². The zero-order valence-electron chi connectivity index (χ0n) is 13.5. The smallest absolute Gasteiger partial charge is 0.414 e. The average molecular weight is 355 g/mol. The Morgan fingerprint density at radius 2 is 2.00 bits per heavy atom. The molecule has 0 unspecified atom stereocenters. The first-order chi connectivity index (χ1) is 9.48. The Bertz CT molecular complexity index is 576. The standard InChI is InChI=1S/C16H23BrN2O2/c1-10-7-11(17)13-12(8-10)18-16(5,6)9-19(13)14(20)21-15(2,3)4/h7-8,18H,9H2,1-6H3. The van der Waals surface area contributed by atoms with Gasteiger partial charge in [-0.25, -0.2) is 4.79 Å². The second-order valence-corrected chi connectivity index (χ2v) is 8.07. The van der Waals surface area contributed by atoms with Gasteiger partial charge >= 0.3 is 6.09 Å². The molecule has 0 saturated carbocycles. The van der Waals surface area contributed by atoms with E-state index in [1.807, 2.05) is 33.8 Å². The number of ether oxygens (including phenoxy) is 1. The number of halogens is 1. The third kappa shape index (κ3) is 3.70.